The molecule has 0 radical (unpaired) electrons. The van der Waals surface area contributed by atoms with Crippen LogP contribution in [0.15, 0.2) is 72.9 Å². The van der Waals surface area contributed by atoms with Gasteiger partial charge >= 0.3 is 19.8 Å². The van der Waals surface area contributed by atoms with E-state index in [2.05, 4.69) is 80.7 Å². The van der Waals surface area contributed by atoms with Gasteiger partial charge in [-0.05, 0) is 83.5 Å². The number of phosphoric acid groups is 1. The summed E-state index contributed by atoms with van der Waals surface area (Å²) in [5.74, 6) is -0.901. The van der Waals surface area contributed by atoms with Crippen molar-refractivity contribution in [2.75, 3.05) is 47.5 Å². The van der Waals surface area contributed by atoms with Gasteiger partial charge in [0, 0.05) is 12.8 Å². The number of unbranched alkanes of at least 4 members (excludes halogenated alkanes) is 10. The molecule has 10 nitrogen and oxygen atoms in total. The third-order valence-corrected chi connectivity index (χ3v) is 10.6. The van der Waals surface area contributed by atoms with Crippen LogP contribution in [0.3, 0.4) is 0 Å². The second-order valence-electron chi connectivity index (χ2n) is 16.5. The minimum absolute atomic E-state index is 0.0118. The van der Waals surface area contributed by atoms with Gasteiger partial charge in [0.15, 0.2) is 6.10 Å². The largest absolute Gasteiger partial charge is 0.472 e. The first-order valence-corrected chi connectivity index (χ1v) is 24.3. The van der Waals surface area contributed by atoms with E-state index in [1.165, 1.54) is 51.4 Å². The highest BCUT2D eigenvalue weighted by molar-refractivity contribution is 7.47. The van der Waals surface area contributed by atoms with Crippen molar-refractivity contribution < 1.29 is 46.8 Å². The molecule has 0 aromatic heterocycles. The minimum Gasteiger partial charge on any atom is -0.462 e. The Bertz CT molecular complexity index is 1300. The van der Waals surface area contributed by atoms with Crippen LogP contribution in [0.1, 0.15) is 155 Å². The number of carbonyl (C=O) groups excluding carboxylic acids is 2. The highest BCUT2D eigenvalue weighted by atomic mass is 31.2. The number of epoxide rings is 1. The summed E-state index contributed by atoms with van der Waals surface area (Å²) in [7, 11) is 1.41. The summed E-state index contributed by atoms with van der Waals surface area (Å²) in [6.45, 7) is 4.25. The predicted molar refractivity (Wildman–Crippen MR) is 242 cm³/mol. The van der Waals surface area contributed by atoms with Gasteiger partial charge in [-0.25, -0.2) is 4.57 Å². The van der Waals surface area contributed by atoms with Crippen molar-refractivity contribution in [3.63, 3.8) is 0 Å². The summed E-state index contributed by atoms with van der Waals surface area (Å²) in [5.41, 5.74) is 0. The molecule has 59 heavy (non-hydrogen) atoms. The van der Waals surface area contributed by atoms with E-state index in [9.17, 15) is 19.0 Å². The Morgan fingerprint density at radius 1 is 0.627 bits per heavy atom. The number of ether oxygens (including phenoxy) is 3. The van der Waals surface area contributed by atoms with Crippen LogP contribution in [0.2, 0.25) is 0 Å². The van der Waals surface area contributed by atoms with E-state index in [4.69, 9.17) is 23.3 Å². The molecule has 1 fully saturated rings. The molecule has 338 valence electrons. The fourth-order valence-electron chi connectivity index (χ4n) is 5.93. The van der Waals surface area contributed by atoms with Crippen molar-refractivity contribution in [2.24, 2.45) is 0 Å². The van der Waals surface area contributed by atoms with Crippen LogP contribution in [0, 0.1) is 0 Å². The molecule has 0 bridgehead atoms. The first-order valence-electron chi connectivity index (χ1n) is 22.8. The van der Waals surface area contributed by atoms with Crippen LogP contribution in [0.5, 0.6) is 0 Å². The third kappa shape index (κ3) is 36.9. The molecule has 0 spiro atoms. The maximum atomic E-state index is 12.7. The van der Waals surface area contributed by atoms with E-state index in [1.807, 2.05) is 27.2 Å². The van der Waals surface area contributed by atoms with E-state index >= 15 is 0 Å². The van der Waals surface area contributed by atoms with Gasteiger partial charge in [0.05, 0.1) is 40.0 Å². The van der Waals surface area contributed by atoms with Gasteiger partial charge in [-0.2, -0.15) is 0 Å². The summed E-state index contributed by atoms with van der Waals surface area (Å²) in [5, 5.41) is 0. The number of rotatable bonds is 39. The van der Waals surface area contributed by atoms with Crippen molar-refractivity contribution in [1.82, 2.24) is 0 Å². The number of quaternary nitrogens is 1. The minimum atomic E-state index is -4.40. The van der Waals surface area contributed by atoms with Gasteiger partial charge < -0.3 is 23.6 Å². The smallest absolute Gasteiger partial charge is 0.462 e. The van der Waals surface area contributed by atoms with Crippen molar-refractivity contribution in [1.29, 1.82) is 0 Å². The van der Waals surface area contributed by atoms with Gasteiger partial charge in [-0.1, -0.05) is 132 Å². The Labute approximate surface area is 359 Å². The number of likely N-dealkylation sites (N-methyl/N-ethyl adjacent to an activating group) is 1. The molecule has 0 aromatic rings. The van der Waals surface area contributed by atoms with Gasteiger partial charge in [-0.15, -0.1) is 0 Å². The first-order chi connectivity index (χ1) is 28.5. The number of hydrogen-bond acceptors (Lipinski definition) is 8. The molecule has 1 rings (SSSR count). The molecular weight excluding hydrogens is 765 g/mol. The lowest BCUT2D eigenvalue weighted by molar-refractivity contribution is -0.870. The van der Waals surface area contributed by atoms with Crippen LogP contribution in [-0.4, -0.2) is 87.1 Å². The molecular formula is C48H83NO9P+. The quantitative estimate of drug-likeness (QED) is 0.0161. The van der Waals surface area contributed by atoms with Gasteiger partial charge in [0.25, 0.3) is 0 Å². The van der Waals surface area contributed by atoms with Crippen molar-refractivity contribution in [3.05, 3.63) is 72.9 Å². The molecule has 0 aromatic carbocycles. The molecule has 0 saturated carbocycles. The maximum absolute atomic E-state index is 12.7. The van der Waals surface area contributed by atoms with Gasteiger partial charge in [0.2, 0.25) is 0 Å². The third-order valence-electron chi connectivity index (χ3n) is 9.63. The number of hydrogen-bond donors (Lipinski definition) is 1. The summed E-state index contributed by atoms with van der Waals surface area (Å²) < 4.78 is 40.0. The summed E-state index contributed by atoms with van der Waals surface area (Å²) in [6.07, 6.45) is 47.0. The van der Waals surface area contributed by atoms with E-state index in [1.54, 1.807) is 0 Å². The van der Waals surface area contributed by atoms with E-state index in [-0.39, 0.29) is 26.1 Å². The molecule has 1 aliphatic rings. The zero-order chi connectivity index (χ0) is 43.3. The number of nitrogens with zero attached hydrogens (tertiary/aromatic N) is 1. The van der Waals surface area contributed by atoms with Gasteiger partial charge in [-0.3, -0.25) is 18.6 Å². The average molecular weight is 849 g/mol. The van der Waals surface area contributed by atoms with Gasteiger partial charge in [0.1, 0.15) is 19.8 Å². The molecule has 1 aliphatic heterocycles. The Morgan fingerprint density at radius 2 is 1.15 bits per heavy atom. The van der Waals surface area contributed by atoms with E-state index < -0.39 is 32.5 Å². The molecule has 1 heterocycles. The van der Waals surface area contributed by atoms with E-state index in [0.29, 0.717) is 42.5 Å². The fourth-order valence-corrected chi connectivity index (χ4v) is 6.67. The van der Waals surface area contributed by atoms with Crippen LogP contribution < -0.4 is 0 Å². The fraction of sp³-hybridized carbons (Fsp3) is 0.708. The monoisotopic (exact) mass is 849 g/mol. The second-order valence-corrected chi connectivity index (χ2v) is 17.9. The summed E-state index contributed by atoms with van der Waals surface area (Å²) in [4.78, 5) is 35.4. The Kier molecular flexibility index (Phi) is 33.3. The normalized spacial score (nSPS) is 17.7. The number of esters is 2. The topological polar surface area (TPSA) is 121 Å². The molecule has 1 saturated heterocycles. The first kappa shape index (κ1) is 54.4. The van der Waals surface area contributed by atoms with E-state index in [0.717, 1.165) is 57.8 Å². The molecule has 11 heteroatoms. The lowest BCUT2D eigenvalue weighted by Crippen LogP contribution is -2.37. The standard InChI is InChI=1S/C48H82NO9P/c1-6-8-10-11-12-13-14-15-16-17-18-19-20-24-27-30-34-38-47(50)54-42-44(43-56-59(52,53)55-41-40-49(3,4)5)57-48(51)39-35-31-28-25-22-21-23-26-29-33-37-46-45(58-46)36-32-9-7-2/h12-13,15-16,18-19,21,23,25,28-29,33,44-46H,6-11,14,17,20,22,24,26-27,30-32,34-43H2,1-5H3/p+1/b13-12-,16-15-,19-18-,23-21-,28-25-,33-29-/t44-,45?,46?/m1/s1. The second kappa shape index (κ2) is 36.1. The predicted octanol–water partition coefficient (Wildman–Crippen LogP) is 12.0. The molecule has 4 atom stereocenters. The van der Waals surface area contributed by atoms with Crippen LogP contribution in [0.4, 0.5) is 0 Å². The van der Waals surface area contributed by atoms with Crippen molar-refractivity contribution in [3.8, 4) is 0 Å². The zero-order valence-electron chi connectivity index (χ0n) is 37.7. The zero-order valence-corrected chi connectivity index (χ0v) is 38.5. The molecule has 0 amide bonds. The Hall–Kier alpha value is -2.59. The molecule has 1 N–H and O–H groups in total. The van der Waals surface area contributed by atoms with Crippen LogP contribution in [-0.2, 0) is 37.4 Å². The van der Waals surface area contributed by atoms with Crippen LogP contribution >= 0.6 is 7.82 Å². The van der Waals surface area contributed by atoms with Crippen molar-refractivity contribution >= 4 is 19.8 Å². The van der Waals surface area contributed by atoms with Crippen LogP contribution in [0.25, 0.3) is 0 Å². The summed E-state index contributed by atoms with van der Waals surface area (Å²) >= 11 is 0. The molecule has 0 aliphatic carbocycles. The average Bonchev–Trinajstić information content (AvgIpc) is 3.94. The highest BCUT2D eigenvalue weighted by Gasteiger charge is 2.36. The lowest BCUT2D eigenvalue weighted by atomic mass is 10.1. The lowest BCUT2D eigenvalue weighted by Gasteiger charge is -2.24. The number of carbonyl (C=O) groups is 2. The molecule has 3 unspecified atom stereocenters. The number of allylic oxidation sites excluding steroid dienone is 11. The SMILES string of the molecule is CCCCC/C=C\C/C=C\C/C=C\CCCCCCC(=O)OC[C@H](COP(=O)(O)OCC[N+](C)(C)C)OC(=O)CCC/C=C\C/C=C\C/C=C\CC1OC1CCCCC. The summed E-state index contributed by atoms with van der Waals surface area (Å²) in [6, 6.07) is 0. The Morgan fingerprint density at radius 3 is 1.76 bits per heavy atom. The highest BCUT2D eigenvalue weighted by Crippen LogP contribution is 2.43. The van der Waals surface area contributed by atoms with Crippen molar-refractivity contribution in [2.45, 2.75) is 173 Å². The maximum Gasteiger partial charge on any atom is 0.472 e. The number of phosphoric ester groups is 1. The Balaban J connectivity index is 2.33.